The lowest BCUT2D eigenvalue weighted by atomic mass is 10.1. The van der Waals surface area contributed by atoms with E-state index in [-0.39, 0.29) is 22.9 Å². The lowest BCUT2D eigenvalue weighted by molar-refractivity contribution is 0.393. The van der Waals surface area contributed by atoms with Crippen molar-refractivity contribution in [1.82, 2.24) is 4.31 Å². The minimum Gasteiger partial charge on any atom is -0.326 e. The molecule has 2 rings (SSSR count). The van der Waals surface area contributed by atoms with Gasteiger partial charge in [-0.1, -0.05) is 12.1 Å². The lowest BCUT2D eigenvalue weighted by Gasteiger charge is -2.24. The van der Waals surface area contributed by atoms with E-state index >= 15 is 0 Å². The minimum atomic E-state index is -3.72. The van der Waals surface area contributed by atoms with Crippen molar-refractivity contribution in [2.45, 2.75) is 30.8 Å². The largest absolute Gasteiger partial charge is 0.326 e. The van der Waals surface area contributed by atoms with Gasteiger partial charge >= 0.3 is 0 Å². The second-order valence-corrected chi connectivity index (χ2v) is 9.58. The van der Waals surface area contributed by atoms with Crippen molar-refractivity contribution in [2.24, 2.45) is 5.73 Å². The highest BCUT2D eigenvalue weighted by Crippen LogP contribution is 2.26. The fraction of sp³-hybridized carbons (Fsp3) is 0.538. The van der Waals surface area contributed by atoms with Crippen LogP contribution in [-0.2, 0) is 26.4 Å². The van der Waals surface area contributed by atoms with Gasteiger partial charge in [0.2, 0.25) is 10.0 Å². The van der Waals surface area contributed by atoms with Gasteiger partial charge in [-0.05, 0) is 30.5 Å². The number of benzene rings is 1. The van der Waals surface area contributed by atoms with Crippen LogP contribution in [0, 0.1) is 6.92 Å². The number of rotatable bonds is 4. The third-order valence-corrected chi connectivity index (χ3v) is 7.67. The van der Waals surface area contributed by atoms with Gasteiger partial charge in [0.1, 0.15) is 0 Å². The molecular formula is C13H20N2O4S2. The summed E-state index contributed by atoms with van der Waals surface area (Å²) in [6, 6.07) is 4.56. The Bertz CT molecular complexity index is 741. The van der Waals surface area contributed by atoms with E-state index in [0.717, 1.165) is 5.56 Å². The summed E-state index contributed by atoms with van der Waals surface area (Å²) in [5.41, 5.74) is 6.91. The van der Waals surface area contributed by atoms with Gasteiger partial charge in [0.05, 0.1) is 16.4 Å². The molecule has 1 fully saturated rings. The fourth-order valence-electron chi connectivity index (χ4n) is 2.46. The van der Waals surface area contributed by atoms with E-state index in [9.17, 15) is 16.8 Å². The van der Waals surface area contributed by atoms with Crippen LogP contribution in [0.4, 0.5) is 0 Å². The number of sulfonamides is 1. The maximum Gasteiger partial charge on any atom is 0.243 e. The molecule has 8 heteroatoms. The third kappa shape index (κ3) is 3.28. The third-order valence-electron chi connectivity index (χ3n) is 3.87. The summed E-state index contributed by atoms with van der Waals surface area (Å²) in [4.78, 5) is 0.192. The molecule has 6 nitrogen and oxygen atoms in total. The SMILES string of the molecule is Cc1ccc(CN)cc1S(=O)(=O)N(C)C1CCS(=O)(=O)C1. The van der Waals surface area contributed by atoms with Crippen molar-refractivity contribution >= 4 is 19.9 Å². The Labute approximate surface area is 125 Å². The summed E-state index contributed by atoms with van der Waals surface area (Å²) in [5, 5.41) is 0. The van der Waals surface area contributed by atoms with Crippen LogP contribution in [0.25, 0.3) is 0 Å². The molecule has 1 heterocycles. The Balaban J connectivity index is 2.38. The Morgan fingerprint density at radius 2 is 2.05 bits per heavy atom. The second kappa shape index (κ2) is 5.68. The number of nitrogens with two attached hydrogens (primary N) is 1. The van der Waals surface area contributed by atoms with Crippen LogP contribution in [0.2, 0.25) is 0 Å². The lowest BCUT2D eigenvalue weighted by Crippen LogP contribution is -2.38. The molecule has 1 unspecified atom stereocenters. The van der Waals surface area contributed by atoms with Crippen molar-refractivity contribution in [2.75, 3.05) is 18.6 Å². The normalized spacial score (nSPS) is 21.8. The summed E-state index contributed by atoms with van der Waals surface area (Å²) in [7, 11) is -5.41. The summed E-state index contributed by atoms with van der Waals surface area (Å²) < 4.78 is 49.7. The van der Waals surface area contributed by atoms with Crippen LogP contribution in [-0.4, -0.2) is 45.7 Å². The van der Waals surface area contributed by atoms with Crippen LogP contribution in [0.3, 0.4) is 0 Å². The van der Waals surface area contributed by atoms with Gasteiger partial charge in [-0.3, -0.25) is 0 Å². The predicted molar refractivity (Wildman–Crippen MR) is 81.1 cm³/mol. The Morgan fingerprint density at radius 3 is 2.57 bits per heavy atom. The Morgan fingerprint density at radius 1 is 1.38 bits per heavy atom. The van der Waals surface area contributed by atoms with E-state index in [1.807, 2.05) is 0 Å². The smallest absolute Gasteiger partial charge is 0.243 e. The molecule has 0 spiro atoms. The molecule has 118 valence electrons. The fourth-order valence-corrected chi connectivity index (χ4v) is 5.99. The van der Waals surface area contributed by atoms with E-state index in [4.69, 9.17) is 5.73 Å². The molecule has 1 saturated heterocycles. The molecule has 0 amide bonds. The van der Waals surface area contributed by atoms with Gasteiger partial charge in [0.25, 0.3) is 0 Å². The number of nitrogens with zero attached hydrogens (tertiary/aromatic N) is 1. The standard InChI is InChI=1S/C13H20N2O4S2/c1-10-3-4-11(8-14)7-13(10)21(18,19)15(2)12-5-6-20(16,17)9-12/h3-4,7,12H,5-6,8-9,14H2,1-2H3. The molecule has 1 aromatic rings. The first-order valence-electron chi connectivity index (χ1n) is 6.65. The van der Waals surface area contributed by atoms with E-state index in [1.165, 1.54) is 11.4 Å². The van der Waals surface area contributed by atoms with Crippen molar-refractivity contribution in [3.8, 4) is 0 Å². The average Bonchev–Trinajstić information content (AvgIpc) is 2.78. The second-order valence-electron chi connectivity index (χ2n) is 5.38. The van der Waals surface area contributed by atoms with E-state index < -0.39 is 25.9 Å². The zero-order valence-electron chi connectivity index (χ0n) is 12.1. The van der Waals surface area contributed by atoms with Gasteiger partial charge in [-0.25, -0.2) is 16.8 Å². The van der Waals surface area contributed by atoms with E-state index in [2.05, 4.69) is 0 Å². The number of aryl methyl sites for hydroxylation is 1. The zero-order chi connectivity index (χ0) is 15.8. The van der Waals surface area contributed by atoms with Gasteiger partial charge in [-0.2, -0.15) is 4.31 Å². The number of hydrogen-bond donors (Lipinski definition) is 1. The van der Waals surface area contributed by atoms with Crippen LogP contribution in [0.1, 0.15) is 17.5 Å². The monoisotopic (exact) mass is 332 g/mol. The maximum atomic E-state index is 12.7. The van der Waals surface area contributed by atoms with Crippen molar-refractivity contribution in [3.63, 3.8) is 0 Å². The number of hydrogen-bond acceptors (Lipinski definition) is 5. The number of sulfone groups is 1. The van der Waals surface area contributed by atoms with Crippen LogP contribution in [0.15, 0.2) is 23.1 Å². The highest BCUT2D eigenvalue weighted by atomic mass is 32.2. The molecule has 2 N–H and O–H groups in total. The van der Waals surface area contributed by atoms with E-state index in [1.54, 1.807) is 25.1 Å². The van der Waals surface area contributed by atoms with Gasteiger partial charge in [0, 0.05) is 19.6 Å². The molecule has 1 aliphatic rings. The molecule has 21 heavy (non-hydrogen) atoms. The van der Waals surface area contributed by atoms with Gasteiger partial charge < -0.3 is 5.73 Å². The Hall–Kier alpha value is -0.960. The van der Waals surface area contributed by atoms with Gasteiger partial charge in [-0.15, -0.1) is 0 Å². The molecule has 1 aromatic carbocycles. The van der Waals surface area contributed by atoms with Gasteiger partial charge in [0.15, 0.2) is 9.84 Å². The average molecular weight is 332 g/mol. The predicted octanol–water partition coefficient (Wildman–Crippen LogP) is 0.261. The highest BCUT2D eigenvalue weighted by Gasteiger charge is 2.36. The molecule has 1 atom stereocenters. The van der Waals surface area contributed by atoms with Crippen molar-refractivity contribution in [1.29, 1.82) is 0 Å². The molecule has 0 aromatic heterocycles. The topological polar surface area (TPSA) is 97.5 Å². The summed E-state index contributed by atoms with van der Waals surface area (Å²) in [6.07, 6.45) is 0.341. The van der Waals surface area contributed by atoms with Crippen molar-refractivity contribution in [3.05, 3.63) is 29.3 Å². The van der Waals surface area contributed by atoms with Crippen LogP contribution >= 0.6 is 0 Å². The first-order valence-corrected chi connectivity index (χ1v) is 9.91. The molecule has 0 radical (unpaired) electrons. The molecule has 0 bridgehead atoms. The van der Waals surface area contributed by atoms with Crippen molar-refractivity contribution < 1.29 is 16.8 Å². The molecular weight excluding hydrogens is 312 g/mol. The Kier molecular flexibility index (Phi) is 4.44. The summed E-state index contributed by atoms with van der Waals surface area (Å²) in [5.74, 6) is -0.0717. The van der Waals surface area contributed by atoms with Crippen LogP contribution in [0.5, 0.6) is 0 Å². The van der Waals surface area contributed by atoms with E-state index in [0.29, 0.717) is 12.0 Å². The zero-order valence-corrected chi connectivity index (χ0v) is 13.7. The highest BCUT2D eigenvalue weighted by molar-refractivity contribution is 7.92. The first-order chi connectivity index (χ1) is 9.67. The first kappa shape index (κ1) is 16.4. The molecule has 0 saturated carbocycles. The molecule has 0 aliphatic carbocycles. The molecule has 1 aliphatic heterocycles. The summed E-state index contributed by atoms with van der Waals surface area (Å²) in [6.45, 7) is 1.97. The van der Waals surface area contributed by atoms with Crippen LogP contribution < -0.4 is 5.73 Å². The summed E-state index contributed by atoms with van der Waals surface area (Å²) >= 11 is 0. The quantitative estimate of drug-likeness (QED) is 0.853. The maximum absolute atomic E-state index is 12.7. The minimum absolute atomic E-state index is 0.0410.